The maximum Gasteiger partial charge on any atom is 0.147 e. The van der Waals surface area contributed by atoms with E-state index < -0.39 is 0 Å². The molecule has 64 valence electrons. The second kappa shape index (κ2) is 3.83. The number of ketones is 1. The molecule has 0 aliphatic carbocycles. The van der Waals surface area contributed by atoms with Gasteiger partial charge in [-0.3, -0.25) is 4.79 Å². The Bertz CT molecular complexity index is 147. The number of nitrogens with zero attached hydrogens (tertiary/aromatic N) is 1. The molecule has 1 saturated heterocycles. The Hall–Kier alpha value is -0.410. The van der Waals surface area contributed by atoms with Gasteiger partial charge < -0.3 is 10.2 Å². The Morgan fingerprint density at radius 2 is 2.45 bits per heavy atom. The maximum absolute atomic E-state index is 11.0. The Labute approximate surface area is 67.8 Å². The summed E-state index contributed by atoms with van der Waals surface area (Å²) in [7, 11) is 0. The molecule has 0 radical (unpaired) electrons. The van der Waals surface area contributed by atoms with E-state index in [0.717, 1.165) is 26.2 Å². The number of Topliss-reactive ketones (excluding diaryl/α,β-unsaturated/α-hetero) is 1. The van der Waals surface area contributed by atoms with Crippen LogP contribution in [0.4, 0.5) is 0 Å². The van der Waals surface area contributed by atoms with E-state index in [9.17, 15) is 4.79 Å². The molecule has 0 aromatic rings. The number of nitrogens with one attached hydrogen (secondary N) is 1. The van der Waals surface area contributed by atoms with Crippen molar-refractivity contribution in [1.82, 2.24) is 10.2 Å². The van der Waals surface area contributed by atoms with Crippen LogP contribution in [-0.2, 0) is 4.79 Å². The van der Waals surface area contributed by atoms with Gasteiger partial charge in [0.15, 0.2) is 0 Å². The molecule has 0 spiro atoms. The zero-order chi connectivity index (χ0) is 8.27. The summed E-state index contributed by atoms with van der Waals surface area (Å²) in [6.45, 7) is 7.72. The molecule has 1 aliphatic rings. The van der Waals surface area contributed by atoms with Gasteiger partial charge in [0.2, 0.25) is 0 Å². The third-order valence-electron chi connectivity index (χ3n) is 2.20. The van der Waals surface area contributed by atoms with Crippen LogP contribution in [0.3, 0.4) is 0 Å². The van der Waals surface area contributed by atoms with Gasteiger partial charge in [-0.2, -0.15) is 0 Å². The Kier molecular flexibility index (Phi) is 3.02. The van der Waals surface area contributed by atoms with Gasteiger partial charge in [-0.05, 0) is 13.5 Å². The summed E-state index contributed by atoms with van der Waals surface area (Å²) in [6, 6.07) is 0.0729. The molecule has 3 heteroatoms. The van der Waals surface area contributed by atoms with Crippen molar-refractivity contribution < 1.29 is 4.79 Å². The molecule has 11 heavy (non-hydrogen) atoms. The predicted octanol–water partition coefficient (Wildman–Crippen LogP) is -0.131. The zero-order valence-corrected chi connectivity index (χ0v) is 7.26. The Morgan fingerprint density at radius 3 is 3.00 bits per heavy atom. The van der Waals surface area contributed by atoms with Crippen molar-refractivity contribution in [3.8, 4) is 0 Å². The van der Waals surface area contributed by atoms with Crippen LogP contribution in [0.5, 0.6) is 0 Å². The Morgan fingerprint density at radius 1 is 1.73 bits per heavy atom. The Balaban J connectivity index is 2.39. The largest absolute Gasteiger partial charge is 0.305 e. The van der Waals surface area contributed by atoms with E-state index in [1.54, 1.807) is 6.92 Å². The highest BCUT2D eigenvalue weighted by Crippen LogP contribution is 1.98. The number of carbonyl (C=O) groups is 1. The minimum atomic E-state index is 0.0729. The molecule has 1 N–H and O–H groups in total. The molecule has 1 aliphatic heterocycles. The van der Waals surface area contributed by atoms with E-state index in [1.165, 1.54) is 0 Å². The van der Waals surface area contributed by atoms with Gasteiger partial charge in [-0.1, -0.05) is 6.92 Å². The van der Waals surface area contributed by atoms with Crippen LogP contribution in [-0.4, -0.2) is 42.9 Å². The summed E-state index contributed by atoms with van der Waals surface area (Å²) in [5.74, 6) is 0.253. The molecule has 0 saturated carbocycles. The summed E-state index contributed by atoms with van der Waals surface area (Å²) in [4.78, 5) is 13.3. The topological polar surface area (TPSA) is 32.3 Å². The lowest BCUT2D eigenvalue weighted by molar-refractivity contribution is -0.120. The summed E-state index contributed by atoms with van der Waals surface area (Å²) in [5.41, 5.74) is 0. The lowest BCUT2D eigenvalue weighted by Gasteiger charge is -2.31. The summed E-state index contributed by atoms with van der Waals surface area (Å²) >= 11 is 0. The first-order valence-corrected chi connectivity index (χ1v) is 4.20. The van der Waals surface area contributed by atoms with Crippen LogP contribution >= 0.6 is 0 Å². The molecule has 0 aromatic heterocycles. The van der Waals surface area contributed by atoms with Crippen LogP contribution in [0, 0.1) is 0 Å². The summed E-state index contributed by atoms with van der Waals surface area (Å²) in [5, 5.41) is 3.19. The molecular formula is C8H16N2O. The summed E-state index contributed by atoms with van der Waals surface area (Å²) in [6.07, 6.45) is 0. The summed E-state index contributed by atoms with van der Waals surface area (Å²) < 4.78 is 0. The van der Waals surface area contributed by atoms with Crippen molar-refractivity contribution in [3.63, 3.8) is 0 Å². The molecule has 1 atom stereocenters. The van der Waals surface area contributed by atoms with E-state index >= 15 is 0 Å². The highest BCUT2D eigenvalue weighted by atomic mass is 16.1. The highest BCUT2D eigenvalue weighted by Gasteiger charge is 2.20. The third-order valence-corrected chi connectivity index (χ3v) is 2.20. The molecule has 0 bridgehead atoms. The highest BCUT2D eigenvalue weighted by molar-refractivity contribution is 5.81. The van der Waals surface area contributed by atoms with Crippen molar-refractivity contribution in [2.24, 2.45) is 0 Å². The average Bonchev–Trinajstić information content (AvgIpc) is 2.05. The fraction of sp³-hybridized carbons (Fsp3) is 0.875. The zero-order valence-electron chi connectivity index (χ0n) is 7.26. The van der Waals surface area contributed by atoms with Crippen LogP contribution < -0.4 is 5.32 Å². The van der Waals surface area contributed by atoms with Crippen molar-refractivity contribution in [1.29, 1.82) is 0 Å². The van der Waals surface area contributed by atoms with Crippen molar-refractivity contribution in [2.75, 3.05) is 26.2 Å². The number of likely N-dealkylation sites (N-methyl/N-ethyl adjacent to an activating group) is 1. The van der Waals surface area contributed by atoms with E-state index in [1.807, 2.05) is 0 Å². The lowest BCUT2D eigenvalue weighted by atomic mass is 10.1. The van der Waals surface area contributed by atoms with Gasteiger partial charge in [0, 0.05) is 19.6 Å². The lowest BCUT2D eigenvalue weighted by Crippen LogP contribution is -2.53. The molecule has 1 rings (SSSR count). The van der Waals surface area contributed by atoms with Crippen molar-refractivity contribution >= 4 is 5.78 Å². The quantitative estimate of drug-likeness (QED) is 0.604. The molecule has 3 nitrogen and oxygen atoms in total. The van der Waals surface area contributed by atoms with Crippen LogP contribution in [0.1, 0.15) is 13.8 Å². The molecule has 1 fully saturated rings. The van der Waals surface area contributed by atoms with Gasteiger partial charge in [0.25, 0.3) is 0 Å². The first-order valence-electron chi connectivity index (χ1n) is 4.20. The van der Waals surface area contributed by atoms with Gasteiger partial charge in [-0.25, -0.2) is 0 Å². The van der Waals surface area contributed by atoms with Gasteiger partial charge in [0.1, 0.15) is 5.78 Å². The maximum atomic E-state index is 11.0. The predicted molar refractivity (Wildman–Crippen MR) is 44.6 cm³/mol. The fourth-order valence-electron chi connectivity index (χ4n) is 1.37. The van der Waals surface area contributed by atoms with Gasteiger partial charge in [-0.15, -0.1) is 0 Å². The van der Waals surface area contributed by atoms with Crippen LogP contribution in [0.25, 0.3) is 0 Å². The number of hydrogen-bond donors (Lipinski definition) is 1. The average molecular weight is 156 g/mol. The minimum Gasteiger partial charge on any atom is -0.305 e. The van der Waals surface area contributed by atoms with Gasteiger partial charge >= 0.3 is 0 Å². The van der Waals surface area contributed by atoms with Crippen LogP contribution in [0.2, 0.25) is 0 Å². The monoisotopic (exact) mass is 156 g/mol. The van der Waals surface area contributed by atoms with E-state index in [2.05, 4.69) is 17.1 Å². The minimum absolute atomic E-state index is 0.0729. The molecule has 1 unspecified atom stereocenters. The SMILES string of the molecule is CCN1CCNC(C(C)=O)C1. The molecule has 1 heterocycles. The van der Waals surface area contributed by atoms with E-state index in [0.29, 0.717) is 0 Å². The number of rotatable bonds is 2. The second-order valence-electron chi connectivity index (χ2n) is 3.01. The molecule has 0 aromatic carbocycles. The molecular weight excluding hydrogens is 140 g/mol. The first-order chi connectivity index (χ1) is 5.24. The standard InChI is InChI=1S/C8H16N2O/c1-3-10-5-4-9-8(6-10)7(2)11/h8-9H,3-6H2,1-2H3. The van der Waals surface area contributed by atoms with E-state index in [4.69, 9.17) is 0 Å². The fourth-order valence-corrected chi connectivity index (χ4v) is 1.37. The number of piperazine rings is 1. The second-order valence-corrected chi connectivity index (χ2v) is 3.01. The third kappa shape index (κ3) is 2.27. The first kappa shape index (κ1) is 8.68. The smallest absolute Gasteiger partial charge is 0.147 e. The molecule has 0 amide bonds. The van der Waals surface area contributed by atoms with E-state index in [-0.39, 0.29) is 11.8 Å². The van der Waals surface area contributed by atoms with Crippen molar-refractivity contribution in [2.45, 2.75) is 19.9 Å². The number of hydrogen-bond acceptors (Lipinski definition) is 3. The number of carbonyl (C=O) groups excluding carboxylic acids is 1. The normalized spacial score (nSPS) is 26.9. The van der Waals surface area contributed by atoms with Gasteiger partial charge in [0.05, 0.1) is 6.04 Å². The van der Waals surface area contributed by atoms with Crippen LogP contribution in [0.15, 0.2) is 0 Å². The van der Waals surface area contributed by atoms with Crippen molar-refractivity contribution in [3.05, 3.63) is 0 Å².